The average Bonchev–Trinajstić information content (AvgIpc) is 2.49. The largest absolute Gasteiger partial charge is 1.00 e. The van der Waals surface area contributed by atoms with Gasteiger partial charge in [-0.1, -0.05) is 18.2 Å². The van der Waals surface area contributed by atoms with Crippen molar-refractivity contribution < 1.29 is 49.3 Å². The molecule has 0 aliphatic carbocycles. The monoisotopic (exact) mass is 673 g/mol. The van der Waals surface area contributed by atoms with Crippen LogP contribution < -0.4 is 45.1 Å². The molecule has 0 amide bonds. The maximum Gasteiger partial charge on any atom is 1.00 e. The molecular weight excluding hydrogens is 662 g/mol. The Bertz CT molecular complexity index is 758. The van der Waals surface area contributed by atoms with Crippen molar-refractivity contribution in [2.24, 2.45) is 5.73 Å². The molecule has 2 aromatic carbocycles. The van der Waals surface area contributed by atoms with Crippen LogP contribution in [0.15, 0.2) is 30.3 Å². The van der Waals surface area contributed by atoms with Crippen molar-refractivity contribution in [2.45, 2.75) is 12.5 Å². The molecule has 0 bridgehead atoms. The topological polar surface area (TPSA) is 95.6 Å². The number of carbonyl (C=O) groups is 1. The van der Waals surface area contributed by atoms with Gasteiger partial charge in [-0.25, -0.2) is 0 Å². The Hall–Kier alpha value is 0.660. The first-order valence-electron chi connectivity index (χ1n) is 6.39. The third-order valence-electron chi connectivity index (χ3n) is 3.01. The van der Waals surface area contributed by atoms with Crippen LogP contribution in [0.4, 0.5) is 0 Å². The van der Waals surface area contributed by atoms with Crippen molar-refractivity contribution in [1.29, 1.82) is 0 Å². The molecule has 0 aromatic heterocycles. The summed E-state index contributed by atoms with van der Waals surface area (Å²) < 4.78 is 8.40. The number of carboxylic acids is 1. The summed E-state index contributed by atoms with van der Waals surface area (Å²) in [5, 5.41) is 20.2. The standard InChI is InChI=1S/C15H12I3NO4.Na/c16-9-6-8(20)2-4-11(9)23-12-3-1-7(13(17)14(12)18)5-10(19)15(21)22;/h1-4,6,10,20H,5,19H2,(H,21,22);/q;+1/p-1/t10-;/m0./s1. The number of halogens is 3. The van der Waals surface area contributed by atoms with Gasteiger partial charge in [-0.3, -0.25) is 4.79 Å². The molecule has 24 heavy (non-hydrogen) atoms. The van der Waals surface area contributed by atoms with Crippen LogP contribution in [0.5, 0.6) is 17.2 Å². The van der Waals surface area contributed by atoms with Crippen molar-refractivity contribution >= 4 is 73.7 Å². The molecule has 2 aromatic rings. The fourth-order valence-electron chi connectivity index (χ4n) is 1.82. The molecule has 0 aliphatic rings. The minimum atomic E-state index is -1.02. The number of nitrogens with two attached hydrogens (primary N) is 1. The summed E-state index contributed by atoms with van der Waals surface area (Å²) in [6, 6.07) is 7.27. The van der Waals surface area contributed by atoms with Crippen molar-refractivity contribution in [2.75, 3.05) is 0 Å². The summed E-state index contributed by atoms with van der Waals surface area (Å²) in [5.74, 6) is 0.167. The van der Waals surface area contributed by atoms with Crippen LogP contribution in [0.2, 0.25) is 0 Å². The molecule has 9 heteroatoms. The summed E-state index contributed by atoms with van der Waals surface area (Å²) in [6.07, 6.45) is 0.256. The van der Waals surface area contributed by atoms with Crippen molar-refractivity contribution in [3.05, 3.63) is 46.6 Å². The molecule has 0 aliphatic heterocycles. The average molecular weight is 673 g/mol. The van der Waals surface area contributed by atoms with E-state index in [9.17, 15) is 9.90 Å². The van der Waals surface area contributed by atoms with Gasteiger partial charge in [0.2, 0.25) is 0 Å². The van der Waals surface area contributed by atoms with Gasteiger partial charge in [0.05, 0.1) is 7.14 Å². The van der Waals surface area contributed by atoms with Gasteiger partial charge >= 0.3 is 35.5 Å². The van der Waals surface area contributed by atoms with Crippen molar-refractivity contribution in [3.8, 4) is 17.2 Å². The molecule has 0 saturated carbocycles. The zero-order valence-electron chi connectivity index (χ0n) is 12.6. The van der Waals surface area contributed by atoms with Gasteiger partial charge in [0.15, 0.2) is 0 Å². The zero-order valence-corrected chi connectivity index (χ0v) is 21.0. The molecule has 3 N–H and O–H groups in total. The van der Waals surface area contributed by atoms with Crippen molar-refractivity contribution in [3.63, 3.8) is 0 Å². The van der Waals surface area contributed by atoms with E-state index in [1.807, 2.05) is 6.07 Å². The second-order valence-electron chi connectivity index (χ2n) is 4.69. The van der Waals surface area contributed by atoms with Gasteiger partial charge in [0.1, 0.15) is 17.5 Å². The number of aliphatic carboxylic acids is 1. The molecular formula is C15H11I3NNaO4. The number of hydrogen-bond donors (Lipinski definition) is 2. The molecule has 5 nitrogen and oxygen atoms in total. The summed E-state index contributed by atoms with van der Waals surface area (Å²) >= 11 is 6.36. The molecule has 0 heterocycles. The SMILES string of the molecule is N[C@@H](Cc1ccc(Oc2ccc([O-])cc2I)c(I)c1I)C(=O)O.[Na+]. The van der Waals surface area contributed by atoms with Gasteiger partial charge in [0, 0.05) is 3.57 Å². The van der Waals surface area contributed by atoms with Crippen LogP contribution in [0.1, 0.15) is 5.56 Å². The Labute approximate surface area is 202 Å². The Morgan fingerprint density at radius 3 is 2.38 bits per heavy atom. The summed E-state index contributed by atoms with van der Waals surface area (Å²) in [7, 11) is 0. The van der Waals surface area contributed by atoms with E-state index in [1.54, 1.807) is 12.1 Å². The first-order valence-corrected chi connectivity index (χ1v) is 9.63. The number of carboxylic acid groups (broad SMARTS) is 1. The number of ether oxygens (including phenoxy) is 1. The van der Waals surface area contributed by atoms with Crippen LogP contribution in [-0.2, 0) is 11.2 Å². The van der Waals surface area contributed by atoms with Gasteiger partial charge < -0.3 is 20.7 Å². The van der Waals surface area contributed by atoms with Crippen LogP contribution >= 0.6 is 67.8 Å². The first kappa shape index (κ1) is 22.7. The summed E-state index contributed by atoms with van der Waals surface area (Å²) in [4.78, 5) is 10.9. The smallest absolute Gasteiger partial charge is 0.872 e. The molecule has 0 radical (unpaired) electrons. The fourth-order valence-corrected chi connectivity index (χ4v) is 3.71. The van der Waals surface area contributed by atoms with Crippen LogP contribution in [-0.4, -0.2) is 17.1 Å². The second-order valence-corrected chi connectivity index (χ2v) is 8.01. The van der Waals surface area contributed by atoms with E-state index in [0.717, 1.165) is 16.3 Å². The van der Waals surface area contributed by atoms with E-state index < -0.39 is 12.0 Å². The predicted molar refractivity (Wildman–Crippen MR) is 110 cm³/mol. The first-order chi connectivity index (χ1) is 10.8. The van der Waals surface area contributed by atoms with Gasteiger partial charge in [-0.15, -0.1) is 5.75 Å². The summed E-state index contributed by atoms with van der Waals surface area (Å²) in [5.41, 5.74) is 6.46. The fraction of sp³-hybridized carbons (Fsp3) is 0.133. The molecule has 122 valence electrons. The third kappa shape index (κ3) is 5.84. The van der Waals surface area contributed by atoms with Crippen LogP contribution in [0, 0.1) is 10.7 Å². The van der Waals surface area contributed by atoms with Gasteiger partial charge in [-0.05, 0) is 91.9 Å². The van der Waals surface area contributed by atoms with Crippen molar-refractivity contribution in [1.82, 2.24) is 0 Å². The van der Waals surface area contributed by atoms with E-state index in [1.165, 1.54) is 12.1 Å². The number of hydrogen-bond acceptors (Lipinski definition) is 4. The number of benzene rings is 2. The molecule has 0 spiro atoms. The van der Waals surface area contributed by atoms with E-state index >= 15 is 0 Å². The van der Waals surface area contributed by atoms with Gasteiger partial charge in [-0.2, -0.15) is 0 Å². The van der Waals surface area contributed by atoms with E-state index in [2.05, 4.69) is 67.8 Å². The van der Waals surface area contributed by atoms with E-state index in [-0.39, 0.29) is 41.7 Å². The quantitative estimate of drug-likeness (QED) is 0.353. The maximum atomic E-state index is 11.3. The van der Waals surface area contributed by atoms with Crippen LogP contribution in [0.25, 0.3) is 0 Å². The molecule has 2 rings (SSSR count). The maximum absolute atomic E-state index is 11.3. The minimum Gasteiger partial charge on any atom is -0.872 e. The molecule has 0 saturated heterocycles. The Balaban J connectivity index is 0.00000288. The summed E-state index contributed by atoms with van der Waals surface area (Å²) in [6.45, 7) is 0. The molecule has 0 fully saturated rings. The van der Waals surface area contributed by atoms with Gasteiger partial charge in [0.25, 0.3) is 0 Å². The van der Waals surface area contributed by atoms with E-state index in [0.29, 0.717) is 11.5 Å². The third-order valence-corrected chi connectivity index (χ3v) is 7.19. The Morgan fingerprint density at radius 1 is 1.17 bits per heavy atom. The van der Waals surface area contributed by atoms with Crippen LogP contribution in [0.3, 0.4) is 0 Å². The minimum absolute atomic E-state index is 0. The molecule has 1 atom stereocenters. The normalized spacial score (nSPS) is 11.5. The van der Waals surface area contributed by atoms with E-state index in [4.69, 9.17) is 15.6 Å². The number of rotatable bonds is 5. The Morgan fingerprint density at radius 2 is 1.79 bits per heavy atom. The predicted octanol–water partition coefficient (Wildman–Crippen LogP) is 0.325. The second kappa shape index (κ2) is 10.1. The Kier molecular flexibility index (Phi) is 9.57. The zero-order chi connectivity index (χ0) is 17.1. The molecule has 0 unspecified atom stereocenters.